The zero-order chi connectivity index (χ0) is 15.5. The molecule has 0 aromatic carbocycles. The molecule has 2 saturated heterocycles. The minimum Gasteiger partial charge on any atom is -0.387 e. The van der Waals surface area contributed by atoms with Crippen LogP contribution in [0.2, 0.25) is 0 Å². The summed E-state index contributed by atoms with van der Waals surface area (Å²) in [4.78, 5) is 0. The molecule has 2 N–H and O–H groups in total. The molecule has 0 spiro atoms. The van der Waals surface area contributed by atoms with Gasteiger partial charge in [0.15, 0.2) is 11.6 Å². The molecule has 6 unspecified atom stereocenters. The summed E-state index contributed by atoms with van der Waals surface area (Å²) < 4.78 is 23.3. The van der Waals surface area contributed by atoms with E-state index in [9.17, 15) is 10.2 Å². The van der Waals surface area contributed by atoms with Crippen LogP contribution in [0.15, 0.2) is 0 Å². The minimum absolute atomic E-state index is 0.304. The summed E-state index contributed by atoms with van der Waals surface area (Å²) in [5.41, 5.74) is 0. The first-order chi connectivity index (χ1) is 10.4. The zero-order valence-corrected chi connectivity index (χ0v) is 13.2. The molecule has 6 atom stereocenters. The summed E-state index contributed by atoms with van der Waals surface area (Å²) in [6.07, 6.45) is 1.30. The van der Waals surface area contributed by atoms with Crippen LogP contribution in [0.5, 0.6) is 0 Å². The fourth-order valence-electron chi connectivity index (χ4n) is 3.65. The van der Waals surface area contributed by atoms with Crippen LogP contribution in [0.4, 0.5) is 0 Å². The summed E-state index contributed by atoms with van der Waals surface area (Å²) in [5.74, 6) is -0.404. The van der Waals surface area contributed by atoms with E-state index in [1.54, 1.807) is 0 Å². The predicted octanol–water partition coefficient (Wildman–Crippen LogP) is 0.791. The first-order valence-electron chi connectivity index (χ1n) is 8.41. The topological polar surface area (TPSA) is 77.4 Å². The average molecular weight is 314 g/mol. The molecular formula is C16H26O6. The van der Waals surface area contributed by atoms with E-state index >= 15 is 0 Å². The summed E-state index contributed by atoms with van der Waals surface area (Å²) in [6, 6.07) is 0. The molecule has 6 nitrogen and oxygen atoms in total. The van der Waals surface area contributed by atoms with Gasteiger partial charge in [-0.05, 0) is 39.5 Å². The van der Waals surface area contributed by atoms with Crippen molar-refractivity contribution in [1.29, 1.82) is 0 Å². The highest BCUT2D eigenvalue weighted by molar-refractivity contribution is 4.96. The van der Waals surface area contributed by atoms with Crippen molar-refractivity contribution in [2.24, 2.45) is 11.8 Å². The van der Waals surface area contributed by atoms with Gasteiger partial charge < -0.3 is 29.2 Å². The van der Waals surface area contributed by atoms with Crippen LogP contribution in [0, 0.1) is 11.8 Å². The first-order valence-corrected chi connectivity index (χ1v) is 8.41. The summed E-state index contributed by atoms with van der Waals surface area (Å²) in [5, 5.41) is 20.9. The summed E-state index contributed by atoms with van der Waals surface area (Å²) in [7, 11) is 0. The zero-order valence-electron chi connectivity index (χ0n) is 13.2. The van der Waals surface area contributed by atoms with Gasteiger partial charge in [0, 0.05) is 11.8 Å². The third-order valence-electron chi connectivity index (χ3n) is 5.59. The number of hydrogen-bond acceptors (Lipinski definition) is 6. The molecule has 0 radical (unpaired) electrons. The smallest absolute Gasteiger partial charge is 0.169 e. The van der Waals surface area contributed by atoms with Crippen LogP contribution >= 0.6 is 0 Å². The van der Waals surface area contributed by atoms with Crippen LogP contribution in [-0.4, -0.2) is 59.4 Å². The van der Waals surface area contributed by atoms with Gasteiger partial charge in [-0.25, -0.2) is 0 Å². The lowest BCUT2D eigenvalue weighted by Gasteiger charge is -2.29. The Morgan fingerprint density at radius 2 is 1.14 bits per heavy atom. The molecule has 2 heterocycles. The van der Waals surface area contributed by atoms with Crippen molar-refractivity contribution >= 4 is 0 Å². The second-order valence-electron chi connectivity index (χ2n) is 7.50. The Kier molecular flexibility index (Phi) is 3.57. The normalized spacial score (nSPS) is 48.5. The Balaban J connectivity index is 1.35. The van der Waals surface area contributed by atoms with Crippen LogP contribution in [-0.2, 0) is 18.9 Å². The van der Waals surface area contributed by atoms with Gasteiger partial charge in [-0.3, -0.25) is 0 Å². The quantitative estimate of drug-likeness (QED) is 0.781. The van der Waals surface area contributed by atoms with Gasteiger partial charge in [-0.1, -0.05) is 0 Å². The van der Waals surface area contributed by atoms with E-state index in [1.165, 1.54) is 0 Å². The van der Waals surface area contributed by atoms with Crippen LogP contribution in [0.1, 0.15) is 39.5 Å². The van der Waals surface area contributed by atoms with Crippen molar-refractivity contribution < 1.29 is 29.2 Å². The first kappa shape index (κ1) is 15.3. The van der Waals surface area contributed by atoms with E-state index in [-0.39, 0.29) is 0 Å². The van der Waals surface area contributed by atoms with E-state index in [4.69, 9.17) is 18.9 Å². The number of hydrogen-bond donors (Lipinski definition) is 2. The average Bonchev–Trinajstić information content (AvgIpc) is 3.41. The van der Waals surface area contributed by atoms with E-state index in [0.29, 0.717) is 25.0 Å². The number of aliphatic hydroxyl groups is 2. The highest BCUT2D eigenvalue weighted by Gasteiger charge is 2.54. The van der Waals surface area contributed by atoms with E-state index < -0.39 is 36.0 Å². The fourth-order valence-corrected chi connectivity index (χ4v) is 3.65. The van der Waals surface area contributed by atoms with Gasteiger partial charge in [0.2, 0.25) is 0 Å². The SMILES string of the molecule is CC1(C2CC2)OCC(C(O)C(O)C2COC(C)(C3CC3)O2)O1. The number of ether oxygens (including phenoxy) is 4. The molecule has 0 aromatic rings. The second-order valence-corrected chi connectivity index (χ2v) is 7.50. The molecule has 126 valence electrons. The monoisotopic (exact) mass is 314 g/mol. The van der Waals surface area contributed by atoms with Crippen LogP contribution < -0.4 is 0 Å². The third kappa shape index (κ3) is 2.60. The Morgan fingerprint density at radius 3 is 1.45 bits per heavy atom. The Morgan fingerprint density at radius 1 is 0.773 bits per heavy atom. The van der Waals surface area contributed by atoms with Gasteiger partial charge in [0.1, 0.15) is 24.4 Å². The summed E-state index contributed by atoms with van der Waals surface area (Å²) in [6.45, 7) is 4.45. The Labute approximate surface area is 130 Å². The van der Waals surface area contributed by atoms with Crippen molar-refractivity contribution in [2.75, 3.05) is 13.2 Å². The van der Waals surface area contributed by atoms with Gasteiger partial charge in [0.25, 0.3) is 0 Å². The molecule has 2 aliphatic heterocycles. The molecule has 4 rings (SSSR count). The van der Waals surface area contributed by atoms with E-state index in [1.807, 2.05) is 13.8 Å². The molecule has 0 amide bonds. The van der Waals surface area contributed by atoms with Crippen molar-refractivity contribution in [3.8, 4) is 0 Å². The lowest BCUT2D eigenvalue weighted by molar-refractivity contribution is -0.204. The molecule has 0 bridgehead atoms. The van der Waals surface area contributed by atoms with Crippen molar-refractivity contribution in [3.05, 3.63) is 0 Å². The second kappa shape index (κ2) is 5.13. The lowest BCUT2D eigenvalue weighted by Crippen LogP contribution is -2.47. The molecule has 6 heteroatoms. The van der Waals surface area contributed by atoms with Gasteiger partial charge in [-0.15, -0.1) is 0 Å². The molecule has 4 aliphatic rings. The van der Waals surface area contributed by atoms with Crippen molar-refractivity contribution in [2.45, 2.75) is 75.5 Å². The number of aliphatic hydroxyl groups excluding tert-OH is 2. The van der Waals surface area contributed by atoms with Crippen LogP contribution in [0.3, 0.4) is 0 Å². The third-order valence-corrected chi connectivity index (χ3v) is 5.59. The summed E-state index contributed by atoms with van der Waals surface area (Å²) >= 11 is 0. The van der Waals surface area contributed by atoms with Crippen LogP contribution in [0.25, 0.3) is 0 Å². The van der Waals surface area contributed by atoms with Crippen molar-refractivity contribution in [1.82, 2.24) is 0 Å². The lowest BCUT2D eigenvalue weighted by atomic mass is 10.0. The van der Waals surface area contributed by atoms with E-state index in [0.717, 1.165) is 25.7 Å². The molecule has 2 saturated carbocycles. The van der Waals surface area contributed by atoms with Gasteiger partial charge in [0.05, 0.1) is 13.2 Å². The molecule has 22 heavy (non-hydrogen) atoms. The van der Waals surface area contributed by atoms with Gasteiger partial charge >= 0.3 is 0 Å². The highest BCUT2D eigenvalue weighted by atomic mass is 16.8. The maximum absolute atomic E-state index is 10.4. The maximum atomic E-state index is 10.4. The highest BCUT2D eigenvalue weighted by Crippen LogP contribution is 2.47. The Bertz CT molecular complexity index is 396. The van der Waals surface area contributed by atoms with Gasteiger partial charge in [-0.2, -0.15) is 0 Å². The van der Waals surface area contributed by atoms with E-state index in [2.05, 4.69) is 0 Å². The standard InChI is InChI=1S/C16H26O6/c1-15(9-3-4-9)19-7-11(21-15)13(17)14(18)12-8-20-16(2,22-12)10-5-6-10/h9-14,17-18H,3-8H2,1-2H3. The minimum atomic E-state index is -1.03. The molecule has 4 fully saturated rings. The Hall–Kier alpha value is -0.240. The maximum Gasteiger partial charge on any atom is 0.169 e. The molecular weight excluding hydrogens is 288 g/mol. The molecule has 0 aromatic heterocycles. The largest absolute Gasteiger partial charge is 0.387 e. The fraction of sp³-hybridized carbons (Fsp3) is 1.00. The number of rotatable bonds is 5. The molecule has 2 aliphatic carbocycles. The predicted molar refractivity (Wildman–Crippen MR) is 75.9 cm³/mol. The van der Waals surface area contributed by atoms with Crippen molar-refractivity contribution in [3.63, 3.8) is 0 Å².